The summed E-state index contributed by atoms with van der Waals surface area (Å²) >= 11 is 6.07. The molecular formula is C21H25ClN6O3. The van der Waals surface area contributed by atoms with Crippen LogP contribution in [0.25, 0.3) is 0 Å². The number of nitro groups is 1. The number of aryl methyl sites for hydroxylation is 2. The lowest BCUT2D eigenvalue weighted by atomic mass is 10.1. The number of hydrogen-bond acceptors (Lipinski definition) is 5. The molecule has 0 saturated heterocycles. The second-order valence-electron chi connectivity index (χ2n) is 7.68. The highest BCUT2D eigenvalue weighted by atomic mass is 35.5. The van der Waals surface area contributed by atoms with E-state index in [-0.39, 0.29) is 18.1 Å². The standard InChI is InChI=1S/C21H25ClN6O3/c1-12(10-26-16(5)20(28(30)31)14(3)25-26)21(29)23-19-13(2)24-27(15(19)4)11-17-7-6-8-18(22)9-17/h6-9,12H,10-11H2,1-5H3,(H,23,29). The van der Waals surface area contributed by atoms with Crippen LogP contribution in [0.4, 0.5) is 11.4 Å². The van der Waals surface area contributed by atoms with Crippen LogP contribution in [-0.4, -0.2) is 30.4 Å². The van der Waals surface area contributed by atoms with Crippen molar-refractivity contribution in [2.75, 3.05) is 5.32 Å². The Labute approximate surface area is 185 Å². The fourth-order valence-electron chi connectivity index (χ4n) is 3.56. The predicted molar refractivity (Wildman–Crippen MR) is 118 cm³/mol. The van der Waals surface area contributed by atoms with Gasteiger partial charge in [-0.15, -0.1) is 0 Å². The zero-order valence-electron chi connectivity index (χ0n) is 18.1. The van der Waals surface area contributed by atoms with Gasteiger partial charge in [0.1, 0.15) is 11.4 Å². The molecule has 0 saturated carbocycles. The number of anilines is 1. The molecule has 9 nitrogen and oxygen atoms in total. The molecule has 31 heavy (non-hydrogen) atoms. The smallest absolute Gasteiger partial charge is 0.312 e. The Morgan fingerprint density at radius 1 is 1.16 bits per heavy atom. The molecule has 0 bridgehead atoms. The summed E-state index contributed by atoms with van der Waals surface area (Å²) in [5.41, 5.74) is 3.98. The Balaban J connectivity index is 1.74. The Morgan fingerprint density at radius 3 is 2.45 bits per heavy atom. The van der Waals surface area contributed by atoms with Gasteiger partial charge in [-0.2, -0.15) is 10.2 Å². The molecule has 3 aromatic rings. The Bertz CT molecular complexity index is 1150. The first kappa shape index (κ1) is 22.5. The van der Waals surface area contributed by atoms with Gasteiger partial charge in [0.05, 0.1) is 41.0 Å². The molecule has 3 rings (SSSR count). The minimum Gasteiger partial charge on any atom is -0.323 e. The largest absolute Gasteiger partial charge is 0.323 e. The van der Waals surface area contributed by atoms with Crippen LogP contribution in [-0.2, 0) is 17.9 Å². The maximum Gasteiger partial charge on any atom is 0.312 e. The van der Waals surface area contributed by atoms with Gasteiger partial charge >= 0.3 is 5.69 Å². The molecule has 1 aromatic carbocycles. The van der Waals surface area contributed by atoms with Crippen molar-refractivity contribution < 1.29 is 9.72 Å². The zero-order chi connectivity index (χ0) is 22.9. The van der Waals surface area contributed by atoms with E-state index < -0.39 is 10.8 Å². The zero-order valence-corrected chi connectivity index (χ0v) is 18.9. The second kappa shape index (κ2) is 8.89. The van der Waals surface area contributed by atoms with Crippen LogP contribution in [0.15, 0.2) is 24.3 Å². The quantitative estimate of drug-likeness (QED) is 0.434. The normalized spacial score (nSPS) is 12.1. The van der Waals surface area contributed by atoms with Crippen molar-refractivity contribution in [2.24, 2.45) is 5.92 Å². The van der Waals surface area contributed by atoms with E-state index in [4.69, 9.17) is 11.6 Å². The monoisotopic (exact) mass is 444 g/mol. The minimum absolute atomic E-state index is 0.0124. The van der Waals surface area contributed by atoms with Crippen LogP contribution in [0.2, 0.25) is 5.02 Å². The average molecular weight is 445 g/mol. The fourth-order valence-corrected chi connectivity index (χ4v) is 3.77. The third-order valence-electron chi connectivity index (χ3n) is 5.27. The van der Waals surface area contributed by atoms with Gasteiger partial charge in [-0.1, -0.05) is 30.7 Å². The molecule has 0 fully saturated rings. The highest BCUT2D eigenvalue weighted by Crippen LogP contribution is 2.24. The summed E-state index contributed by atoms with van der Waals surface area (Å²) < 4.78 is 3.34. The second-order valence-corrected chi connectivity index (χ2v) is 8.12. The number of rotatable bonds is 7. The van der Waals surface area contributed by atoms with Gasteiger partial charge in [-0.25, -0.2) is 0 Å². The molecule has 0 aliphatic rings. The Morgan fingerprint density at radius 2 is 1.84 bits per heavy atom. The topological polar surface area (TPSA) is 108 Å². The summed E-state index contributed by atoms with van der Waals surface area (Å²) in [5.74, 6) is -0.656. The first-order valence-corrected chi connectivity index (χ1v) is 10.2. The lowest BCUT2D eigenvalue weighted by molar-refractivity contribution is -0.386. The van der Waals surface area contributed by atoms with E-state index in [1.54, 1.807) is 20.8 Å². The average Bonchev–Trinajstić information content (AvgIpc) is 3.11. The molecule has 10 heteroatoms. The van der Waals surface area contributed by atoms with Gasteiger partial charge in [0.2, 0.25) is 5.91 Å². The molecule has 0 spiro atoms. The number of amides is 1. The molecule has 1 N–H and O–H groups in total. The predicted octanol–water partition coefficient (Wildman–Crippen LogP) is 4.20. The van der Waals surface area contributed by atoms with Crippen LogP contribution < -0.4 is 5.32 Å². The molecule has 1 amide bonds. The molecule has 2 heterocycles. The first-order valence-electron chi connectivity index (χ1n) is 9.86. The van der Waals surface area contributed by atoms with Crippen LogP contribution >= 0.6 is 11.6 Å². The number of carbonyl (C=O) groups is 1. The molecule has 164 valence electrons. The highest BCUT2D eigenvalue weighted by molar-refractivity contribution is 6.30. The van der Waals surface area contributed by atoms with Gasteiger partial charge < -0.3 is 5.32 Å². The lowest BCUT2D eigenvalue weighted by Crippen LogP contribution is -2.25. The van der Waals surface area contributed by atoms with Gasteiger partial charge in [-0.3, -0.25) is 24.3 Å². The van der Waals surface area contributed by atoms with E-state index in [0.29, 0.717) is 34.3 Å². The van der Waals surface area contributed by atoms with Gasteiger partial charge in [0.25, 0.3) is 0 Å². The van der Waals surface area contributed by atoms with Crippen LogP contribution in [0, 0.1) is 43.7 Å². The summed E-state index contributed by atoms with van der Waals surface area (Å²) in [6.07, 6.45) is 0. The third kappa shape index (κ3) is 4.77. The molecule has 2 aromatic heterocycles. The van der Waals surface area contributed by atoms with Crippen LogP contribution in [0.5, 0.6) is 0 Å². The Hall–Kier alpha value is -3.20. The fraction of sp³-hybridized carbons (Fsp3) is 0.381. The van der Waals surface area contributed by atoms with E-state index in [1.807, 2.05) is 42.8 Å². The van der Waals surface area contributed by atoms with Crippen molar-refractivity contribution in [2.45, 2.75) is 47.7 Å². The van der Waals surface area contributed by atoms with Crippen molar-refractivity contribution in [3.63, 3.8) is 0 Å². The van der Waals surface area contributed by atoms with Crippen molar-refractivity contribution >= 4 is 28.9 Å². The summed E-state index contributed by atoms with van der Waals surface area (Å²) in [7, 11) is 0. The number of hydrogen-bond donors (Lipinski definition) is 1. The summed E-state index contributed by atoms with van der Waals surface area (Å²) in [4.78, 5) is 23.6. The molecule has 1 unspecified atom stereocenters. The molecule has 1 atom stereocenters. The number of nitrogens with one attached hydrogen (secondary N) is 1. The van der Waals surface area contributed by atoms with Crippen LogP contribution in [0.3, 0.4) is 0 Å². The number of halogens is 1. The van der Waals surface area contributed by atoms with E-state index in [0.717, 1.165) is 11.3 Å². The number of nitrogens with zero attached hydrogens (tertiary/aromatic N) is 5. The van der Waals surface area contributed by atoms with E-state index in [9.17, 15) is 14.9 Å². The number of benzene rings is 1. The third-order valence-corrected chi connectivity index (χ3v) is 5.51. The van der Waals surface area contributed by atoms with Crippen molar-refractivity contribution in [1.82, 2.24) is 19.6 Å². The van der Waals surface area contributed by atoms with Gasteiger partial charge in [0, 0.05) is 5.02 Å². The molecular weight excluding hydrogens is 420 g/mol. The summed E-state index contributed by atoms with van der Waals surface area (Å²) in [6.45, 7) is 9.50. The summed E-state index contributed by atoms with van der Waals surface area (Å²) in [5, 5.41) is 23.6. The first-order chi connectivity index (χ1) is 14.6. The van der Waals surface area contributed by atoms with E-state index >= 15 is 0 Å². The molecule has 0 aliphatic heterocycles. The van der Waals surface area contributed by atoms with Gasteiger partial charge in [-0.05, 0) is 45.4 Å². The minimum atomic E-state index is -0.451. The van der Waals surface area contributed by atoms with Crippen molar-refractivity contribution in [3.05, 3.63) is 67.7 Å². The number of carbonyl (C=O) groups excluding carboxylic acids is 1. The van der Waals surface area contributed by atoms with Gasteiger partial charge in [0.15, 0.2) is 0 Å². The highest BCUT2D eigenvalue weighted by Gasteiger charge is 2.25. The van der Waals surface area contributed by atoms with Crippen LogP contribution in [0.1, 0.15) is 35.3 Å². The maximum absolute atomic E-state index is 12.8. The lowest BCUT2D eigenvalue weighted by Gasteiger charge is -2.13. The Kier molecular flexibility index (Phi) is 6.45. The van der Waals surface area contributed by atoms with Crippen molar-refractivity contribution in [1.29, 1.82) is 0 Å². The van der Waals surface area contributed by atoms with Crippen molar-refractivity contribution in [3.8, 4) is 0 Å². The molecule has 0 aliphatic carbocycles. The number of aromatic nitrogens is 4. The van der Waals surface area contributed by atoms with E-state index in [1.165, 1.54) is 4.68 Å². The van der Waals surface area contributed by atoms with E-state index in [2.05, 4.69) is 15.5 Å². The maximum atomic E-state index is 12.8. The molecule has 0 radical (unpaired) electrons. The summed E-state index contributed by atoms with van der Waals surface area (Å²) in [6, 6.07) is 7.55. The SMILES string of the molecule is Cc1nn(Cc2cccc(Cl)c2)c(C)c1NC(=O)C(C)Cn1nc(C)c([N+](=O)[O-])c1C.